The van der Waals surface area contributed by atoms with Crippen molar-refractivity contribution in [2.75, 3.05) is 26.2 Å². The largest absolute Gasteiger partial charge is 0.490 e. The van der Waals surface area contributed by atoms with E-state index in [2.05, 4.69) is 15.0 Å². The molecule has 4 nitrogen and oxygen atoms in total. The molecule has 0 saturated carbocycles. The van der Waals surface area contributed by atoms with Gasteiger partial charge in [-0.15, -0.1) is 0 Å². The maximum atomic E-state index is 12.5. The first-order chi connectivity index (χ1) is 12.2. The molecule has 0 spiro atoms. The summed E-state index contributed by atoms with van der Waals surface area (Å²) in [4.78, 5) is 2.43. The van der Waals surface area contributed by atoms with E-state index in [1.165, 1.54) is 25.7 Å². The van der Waals surface area contributed by atoms with Crippen LogP contribution in [0.15, 0.2) is 18.2 Å². The van der Waals surface area contributed by atoms with Crippen LogP contribution in [0.4, 0.5) is 8.78 Å². The number of rotatable bonds is 7. The van der Waals surface area contributed by atoms with Gasteiger partial charge in [-0.2, -0.15) is 8.78 Å². The number of piperidine rings is 1. The first kappa shape index (κ1) is 18.4. The molecule has 2 aliphatic heterocycles. The second-order valence-corrected chi connectivity index (χ2v) is 6.91. The minimum Gasteiger partial charge on any atom is -0.490 e. The molecule has 140 valence electrons. The van der Waals surface area contributed by atoms with Gasteiger partial charge >= 0.3 is 6.61 Å². The first-order valence-corrected chi connectivity index (χ1v) is 9.32. The van der Waals surface area contributed by atoms with Crippen LogP contribution >= 0.6 is 0 Å². The third-order valence-electron chi connectivity index (χ3n) is 5.23. The van der Waals surface area contributed by atoms with Crippen LogP contribution in [0.25, 0.3) is 0 Å². The summed E-state index contributed by atoms with van der Waals surface area (Å²) in [7, 11) is 0. The summed E-state index contributed by atoms with van der Waals surface area (Å²) in [5.74, 6) is 1.29. The molecule has 1 N–H and O–H groups in total. The van der Waals surface area contributed by atoms with Crippen LogP contribution < -0.4 is 14.8 Å². The maximum absolute atomic E-state index is 12.5. The molecule has 2 fully saturated rings. The van der Waals surface area contributed by atoms with Gasteiger partial charge in [-0.05, 0) is 75.9 Å². The zero-order chi connectivity index (χ0) is 17.6. The number of likely N-dealkylation sites (tertiary alicyclic amines) is 1. The number of alkyl halides is 2. The Kier molecular flexibility index (Phi) is 6.48. The number of ether oxygens (including phenoxy) is 2. The van der Waals surface area contributed by atoms with Crippen molar-refractivity contribution in [2.24, 2.45) is 5.92 Å². The lowest BCUT2D eigenvalue weighted by Crippen LogP contribution is -2.40. The molecule has 3 rings (SSSR count). The zero-order valence-electron chi connectivity index (χ0n) is 14.8. The van der Waals surface area contributed by atoms with Crippen molar-refractivity contribution in [3.63, 3.8) is 0 Å². The van der Waals surface area contributed by atoms with Gasteiger partial charge in [0.25, 0.3) is 0 Å². The average molecular weight is 354 g/mol. The third kappa shape index (κ3) is 5.05. The Bertz CT molecular complexity index is 542. The molecule has 0 aromatic heterocycles. The summed E-state index contributed by atoms with van der Waals surface area (Å²) in [6, 6.07) is 5.97. The number of hydrogen-bond donors (Lipinski definition) is 1. The van der Waals surface area contributed by atoms with Gasteiger partial charge in [-0.3, -0.25) is 4.90 Å². The first-order valence-electron chi connectivity index (χ1n) is 9.32. The lowest BCUT2D eigenvalue weighted by molar-refractivity contribution is -0.0514. The number of halogens is 2. The normalized spacial score (nSPS) is 22.5. The Morgan fingerprint density at radius 3 is 2.64 bits per heavy atom. The molecular weight excluding hydrogens is 326 g/mol. The smallest absolute Gasteiger partial charge is 0.387 e. The lowest BCUT2D eigenvalue weighted by atomic mass is 9.88. The molecule has 1 aromatic rings. The molecule has 0 aliphatic carbocycles. The number of benzene rings is 1. The highest BCUT2D eigenvalue weighted by atomic mass is 19.3. The van der Waals surface area contributed by atoms with E-state index in [1.807, 2.05) is 19.1 Å². The Balaban J connectivity index is 1.56. The van der Waals surface area contributed by atoms with Gasteiger partial charge < -0.3 is 14.8 Å². The van der Waals surface area contributed by atoms with Crippen LogP contribution in [-0.4, -0.2) is 43.8 Å². The predicted molar refractivity (Wildman–Crippen MR) is 93.3 cm³/mol. The highest BCUT2D eigenvalue weighted by Gasteiger charge is 2.28. The van der Waals surface area contributed by atoms with E-state index in [-0.39, 0.29) is 5.75 Å². The van der Waals surface area contributed by atoms with Gasteiger partial charge in [-0.1, -0.05) is 6.07 Å². The van der Waals surface area contributed by atoms with E-state index >= 15 is 0 Å². The van der Waals surface area contributed by atoms with Crippen LogP contribution in [0.5, 0.6) is 11.5 Å². The Labute approximate surface area is 148 Å². The maximum Gasteiger partial charge on any atom is 0.387 e. The van der Waals surface area contributed by atoms with Gasteiger partial charge in [0.15, 0.2) is 11.5 Å². The zero-order valence-corrected chi connectivity index (χ0v) is 14.8. The molecule has 0 radical (unpaired) electrons. The van der Waals surface area contributed by atoms with E-state index in [0.29, 0.717) is 18.4 Å². The van der Waals surface area contributed by atoms with Gasteiger partial charge in [0, 0.05) is 12.6 Å². The number of nitrogens with zero attached hydrogens (tertiary/aromatic N) is 1. The average Bonchev–Trinajstić information content (AvgIpc) is 3.12. The van der Waals surface area contributed by atoms with Crippen molar-refractivity contribution in [1.29, 1.82) is 0 Å². The molecule has 2 saturated heterocycles. The van der Waals surface area contributed by atoms with Crippen molar-refractivity contribution in [1.82, 2.24) is 10.2 Å². The van der Waals surface area contributed by atoms with Gasteiger partial charge in [0.2, 0.25) is 0 Å². The van der Waals surface area contributed by atoms with E-state index in [0.717, 1.165) is 37.7 Å². The molecule has 2 aliphatic rings. The molecule has 0 bridgehead atoms. The fourth-order valence-electron chi connectivity index (χ4n) is 4.00. The van der Waals surface area contributed by atoms with E-state index in [1.54, 1.807) is 6.07 Å². The summed E-state index contributed by atoms with van der Waals surface area (Å²) in [5.41, 5.74) is 1.07. The molecule has 1 aromatic carbocycles. The molecular formula is C19H28F2N2O2. The van der Waals surface area contributed by atoms with Crippen LogP contribution in [0.1, 0.15) is 38.2 Å². The van der Waals surface area contributed by atoms with Crippen LogP contribution in [0, 0.1) is 5.92 Å². The van der Waals surface area contributed by atoms with Crippen LogP contribution in [0.3, 0.4) is 0 Å². The summed E-state index contributed by atoms with van der Waals surface area (Å²) in [6.07, 6.45) is 5.07. The highest BCUT2D eigenvalue weighted by Crippen LogP contribution is 2.31. The molecule has 6 heteroatoms. The minimum atomic E-state index is -2.84. The fourth-order valence-corrected chi connectivity index (χ4v) is 4.00. The fraction of sp³-hybridized carbons (Fsp3) is 0.684. The summed E-state index contributed by atoms with van der Waals surface area (Å²) in [5, 5.41) is 3.62. The third-order valence-corrected chi connectivity index (χ3v) is 5.23. The molecule has 25 heavy (non-hydrogen) atoms. The summed E-state index contributed by atoms with van der Waals surface area (Å²) >= 11 is 0. The Hall–Kier alpha value is -1.40. The second-order valence-electron chi connectivity index (χ2n) is 6.91. The van der Waals surface area contributed by atoms with E-state index in [4.69, 9.17) is 4.74 Å². The molecule has 2 heterocycles. The van der Waals surface area contributed by atoms with Crippen molar-refractivity contribution in [3.8, 4) is 11.5 Å². The van der Waals surface area contributed by atoms with E-state index in [9.17, 15) is 8.78 Å². The van der Waals surface area contributed by atoms with Crippen molar-refractivity contribution < 1.29 is 18.3 Å². The van der Waals surface area contributed by atoms with Gasteiger partial charge in [0.1, 0.15) is 0 Å². The topological polar surface area (TPSA) is 33.7 Å². The minimum absolute atomic E-state index is 0.103. The van der Waals surface area contributed by atoms with Gasteiger partial charge in [0.05, 0.1) is 6.61 Å². The highest BCUT2D eigenvalue weighted by molar-refractivity contribution is 5.43. The van der Waals surface area contributed by atoms with Crippen molar-refractivity contribution >= 4 is 0 Å². The summed E-state index contributed by atoms with van der Waals surface area (Å²) in [6.45, 7) is 3.57. The Morgan fingerprint density at radius 2 is 2.00 bits per heavy atom. The predicted octanol–water partition coefficient (Wildman–Crippen LogP) is 3.65. The SMILES string of the molecule is CCOc1cc(CN2CCC(C3CCCN3)CC2)ccc1OC(F)F. The lowest BCUT2D eigenvalue weighted by Gasteiger charge is -2.35. The second kappa shape index (κ2) is 8.81. The standard InChI is InChI=1S/C19H28F2N2O2/c1-2-24-18-12-14(5-6-17(18)25-19(20)21)13-23-10-7-15(8-11-23)16-4-3-9-22-16/h5-6,12,15-16,19,22H,2-4,7-11,13H2,1H3. The molecule has 1 atom stereocenters. The quantitative estimate of drug-likeness (QED) is 0.810. The van der Waals surface area contributed by atoms with E-state index < -0.39 is 6.61 Å². The summed E-state index contributed by atoms with van der Waals surface area (Å²) < 4.78 is 35.0. The van der Waals surface area contributed by atoms with Crippen LogP contribution in [0.2, 0.25) is 0 Å². The number of hydrogen-bond acceptors (Lipinski definition) is 4. The molecule has 0 amide bonds. The number of nitrogens with one attached hydrogen (secondary N) is 1. The molecule has 1 unspecified atom stereocenters. The Morgan fingerprint density at radius 1 is 1.20 bits per heavy atom. The van der Waals surface area contributed by atoms with Crippen molar-refractivity contribution in [2.45, 2.75) is 51.8 Å². The monoisotopic (exact) mass is 354 g/mol. The van der Waals surface area contributed by atoms with Crippen molar-refractivity contribution in [3.05, 3.63) is 23.8 Å². The van der Waals surface area contributed by atoms with Crippen LogP contribution in [-0.2, 0) is 6.54 Å². The van der Waals surface area contributed by atoms with Gasteiger partial charge in [-0.25, -0.2) is 0 Å².